The molecule has 0 saturated carbocycles. The third kappa shape index (κ3) is 2.95. The van der Waals surface area contributed by atoms with Gasteiger partial charge in [-0.25, -0.2) is 0 Å². The largest absolute Gasteiger partial charge is 0.423 e. The Hall–Kier alpha value is -2.54. The van der Waals surface area contributed by atoms with Crippen LogP contribution in [0.4, 0.5) is 6.01 Å². The topological polar surface area (TPSA) is 67.4 Å². The third-order valence-corrected chi connectivity index (χ3v) is 4.68. The van der Waals surface area contributed by atoms with Crippen LogP contribution in [0.15, 0.2) is 35.0 Å². The summed E-state index contributed by atoms with van der Waals surface area (Å²) in [6, 6.07) is 6.00. The second-order valence-electron chi connectivity index (χ2n) is 6.30. The maximum atomic E-state index is 12.6. The average Bonchev–Trinajstić information content (AvgIpc) is 3.20. The number of amides is 1. The molecule has 2 aromatic heterocycles. The van der Waals surface area contributed by atoms with Gasteiger partial charge in [-0.1, -0.05) is 11.6 Å². The van der Waals surface area contributed by atoms with E-state index in [0.29, 0.717) is 41.8 Å². The molecule has 1 unspecified atom stereocenters. The van der Waals surface area contributed by atoms with Crippen LogP contribution < -0.4 is 4.90 Å². The Kier molecular flexibility index (Phi) is 3.88. The molecule has 7 nitrogen and oxygen atoms in total. The molecule has 0 aliphatic carbocycles. The first kappa shape index (κ1) is 16.0. The summed E-state index contributed by atoms with van der Waals surface area (Å²) in [5.74, 6) is 0.00426. The molecule has 1 fully saturated rings. The maximum Gasteiger partial charge on any atom is 0.298 e. The van der Waals surface area contributed by atoms with E-state index < -0.39 is 0 Å². The van der Waals surface area contributed by atoms with Gasteiger partial charge >= 0.3 is 0 Å². The number of carbonyl (C=O) groups excluding carboxylic acids is 1. The van der Waals surface area contributed by atoms with Gasteiger partial charge in [0, 0.05) is 43.9 Å². The number of anilines is 1. The van der Waals surface area contributed by atoms with E-state index in [0.717, 1.165) is 5.52 Å². The lowest BCUT2D eigenvalue weighted by molar-refractivity contribution is 0.0671. The molecule has 0 bridgehead atoms. The van der Waals surface area contributed by atoms with Crippen molar-refractivity contribution in [3.63, 3.8) is 0 Å². The van der Waals surface area contributed by atoms with E-state index in [1.165, 1.54) is 0 Å². The van der Waals surface area contributed by atoms with E-state index in [-0.39, 0.29) is 11.9 Å². The molecule has 3 aromatic rings. The van der Waals surface area contributed by atoms with Gasteiger partial charge in [0.15, 0.2) is 5.58 Å². The number of carbonyl (C=O) groups is 1. The predicted octanol–water partition coefficient (Wildman–Crippen LogP) is 2.57. The van der Waals surface area contributed by atoms with Gasteiger partial charge in [-0.05, 0) is 25.1 Å². The molecule has 25 heavy (non-hydrogen) atoms. The lowest BCUT2D eigenvalue weighted by Crippen LogP contribution is -2.54. The molecule has 1 amide bonds. The monoisotopic (exact) mass is 359 g/mol. The molecule has 0 radical (unpaired) electrons. The highest BCUT2D eigenvalue weighted by Gasteiger charge is 2.30. The molecular formula is C17H18ClN5O2. The quantitative estimate of drug-likeness (QED) is 0.703. The number of piperazine rings is 1. The molecule has 1 saturated heterocycles. The summed E-state index contributed by atoms with van der Waals surface area (Å²) in [5.41, 5.74) is 2.06. The number of nitrogens with zero attached hydrogens (tertiary/aromatic N) is 5. The van der Waals surface area contributed by atoms with Crippen molar-refractivity contribution >= 4 is 34.6 Å². The highest BCUT2D eigenvalue weighted by molar-refractivity contribution is 6.31. The first-order chi connectivity index (χ1) is 12.0. The molecule has 1 atom stereocenters. The number of halogens is 1. The Labute approximate surface area is 149 Å². The maximum absolute atomic E-state index is 12.6. The Morgan fingerprint density at radius 3 is 2.92 bits per heavy atom. The molecule has 0 spiro atoms. The van der Waals surface area contributed by atoms with E-state index >= 15 is 0 Å². The lowest BCUT2D eigenvalue weighted by atomic mass is 10.1. The second-order valence-corrected chi connectivity index (χ2v) is 6.74. The van der Waals surface area contributed by atoms with Crippen LogP contribution in [0.1, 0.15) is 17.3 Å². The number of fused-ring (bicyclic) bond motifs is 1. The molecule has 1 aliphatic rings. The number of hydrogen-bond acceptors (Lipinski definition) is 5. The first-order valence-corrected chi connectivity index (χ1v) is 8.50. The summed E-state index contributed by atoms with van der Waals surface area (Å²) in [6.07, 6.45) is 3.35. The van der Waals surface area contributed by atoms with Gasteiger partial charge < -0.3 is 14.2 Å². The highest BCUT2D eigenvalue weighted by Crippen LogP contribution is 2.26. The van der Waals surface area contributed by atoms with Crippen LogP contribution in [0.25, 0.3) is 11.1 Å². The highest BCUT2D eigenvalue weighted by atomic mass is 35.5. The first-order valence-electron chi connectivity index (χ1n) is 8.12. The molecule has 4 rings (SSSR count). The van der Waals surface area contributed by atoms with Gasteiger partial charge in [0.2, 0.25) is 0 Å². The molecule has 130 valence electrons. The van der Waals surface area contributed by atoms with E-state index in [1.807, 2.05) is 17.9 Å². The summed E-state index contributed by atoms with van der Waals surface area (Å²) in [5, 5.41) is 4.71. The minimum atomic E-state index is 0.00426. The molecule has 3 heterocycles. The van der Waals surface area contributed by atoms with Crippen molar-refractivity contribution < 1.29 is 9.21 Å². The minimum Gasteiger partial charge on any atom is -0.423 e. The second kappa shape index (κ2) is 6.07. The molecule has 1 aliphatic heterocycles. The zero-order valence-electron chi connectivity index (χ0n) is 14.0. The molecule has 1 aromatic carbocycles. The Morgan fingerprint density at radius 1 is 1.36 bits per heavy atom. The Bertz CT molecular complexity index is 934. The van der Waals surface area contributed by atoms with Crippen LogP contribution >= 0.6 is 11.6 Å². The average molecular weight is 360 g/mol. The van der Waals surface area contributed by atoms with Gasteiger partial charge in [-0.3, -0.25) is 9.48 Å². The molecule has 0 N–H and O–H groups in total. The zero-order chi connectivity index (χ0) is 17.6. The zero-order valence-corrected chi connectivity index (χ0v) is 14.8. The van der Waals surface area contributed by atoms with Crippen molar-refractivity contribution in [2.75, 3.05) is 24.5 Å². The summed E-state index contributed by atoms with van der Waals surface area (Å²) in [6.45, 7) is 3.96. The SMILES string of the molecule is CC1CN(c2nc3cc(Cl)ccc3o2)CCN1C(=O)c1cnn(C)c1. The smallest absolute Gasteiger partial charge is 0.298 e. The number of rotatable bonds is 2. The van der Waals surface area contributed by atoms with Crippen molar-refractivity contribution in [2.45, 2.75) is 13.0 Å². The summed E-state index contributed by atoms with van der Waals surface area (Å²) >= 11 is 6.00. The fraction of sp³-hybridized carbons (Fsp3) is 0.353. The van der Waals surface area contributed by atoms with E-state index in [1.54, 1.807) is 36.3 Å². The third-order valence-electron chi connectivity index (χ3n) is 4.45. The van der Waals surface area contributed by atoms with E-state index in [4.69, 9.17) is 16.0 Å². The summed E-state index contributed by atoms with van der Waals surface area (Å²) in [4.78, 5) is 21.1. The predicted molar refractivity (Wildman–Crippen MR) is 94.9 cm³/mol. The Balaban J connectivity index is 1.51. The van der Waals surface area contributed by atoms with Crippen LogP contribution in [0.3, 0.4) is 0 Å². The minimum absolute atomic E-state index is 0.00426. The molecule has 8 heteroatoms. The van der Waals surface area contributed by atoms with Crippen molar-refractivity contribution in [3.05, 3.63) is 41.2 Å². The van der Waals surface area contributed by atoms with Crippen LogP contribution in [0.5, 0.6) is 0 Å². The number of oxazole rings is 1. The number of aromatic nitrogens is 3. The lowest BCUT2D eigenvalue weighted by Gasteiger charge is -2.39. The van der Waals surface area contributed by atoms with Crippen LogP contribution in [-0.2, 0) is 7.05 Å². The van der Waals surface area contributed by atoms with Crippen LogP contribution in [0.2, 0.25) is 5.02 Å². The van der Waals surface area contributed by atoms with Crippen molar-refractivity contribution in [1.29, 1.82) is 0 Å². The Morgan fingerprint density at radius 2 is 2.20 bits per heavy atom. The summed E-state index contributed by atoms with van der Waals surface area (Å²) in [7, 11) is 1.80. The van der Waals surface area contributed by atoms with Crippen molar-refractivity contribution in [3.8, 4) is 0 Å². The molecular weight excluding hydrogens is 342 g/mol. The standard InChI is InChI=1S/C17H18ClN5O2/c1-11-9-22(17-20-14-7-13(18)3-4-15(14)25-17)5-6-23(11)16(24)12-8-19-21(2)10-12/h3-4,7-8,10-11H,5-6,9H2,1-2H3. The van der Waals surface area contributed by atoms with Gasteiger partial charge in [-0.15, -0.1) is 0 Å². The van der Waals surface area contributed by atoms with Crippen molar-refractivity contribution in [1.82, 2.24) is 19.7 Å². The van der Waals surface area contributed by atoms with Gasteiger partial charge in [0.25, 0.3) is 11.9 Å². The number of aryl methyl sites for hydroxylation is 1. The fourth-order valence-corrected chi connectivity index (χ4v) is 3.32. The van der Waals surface area contributed by atoms with E-state index in [2.05, 4.69) is 15.0 Å². The summed E-state index contributed by atoms with van der Waals surface area (Å²) < 4.78 is 7.47. The van der Waals surface area contributed by atoms with Crippen molar-refractivity contribution in [2.24, 2.45) is 7.05 Å². The fourth-order valence-electron chi connectivity index (χ4n) is 3.15. The van der Waals surface area contributed by atoms with Gasteiger partial charge in [-0.2, -0.15) is 10.1 Å². The van der Waals surface area contributed by atoms with Gasteiger partial charge in [0.1, 0.15) is 5.52 Å². The van der Waals surface area contributed by atoms with Crippen LogP contribution in [-0.4, -0.2) is 51.2 Å². The van der Waals surface area contributed by atoms with E-state index in [9.17, 15) is 4.79 Å². The normalized spacial score (nSPS) is 18.1. The number of benzene rings is 1. The van der Waals surface area contributed by atoms with Gasteiger partial charge in [0.05, 0.1) is 11.8 Å². The van der Waals surface area contributed by atoms with Crippen LogP contribution in [0, 0.1) is 0 Å². The number of hydrogen-bond donors (Lipinski definition) is 0.